The summed E-state index contributed by atoms with van der Waals surface area (Å²) < 4.78 is 32.1. The van der Waals surface area contributed by atoms with Crippen molar-refractivity contribution >= 4 is 21.8 Å². The van der Waals surface area contributed by atoms with Crippen LogP contribution in [0.5, 0.6) is 0 Å². The molecular formula is C15H29N3O5S. The summed E-state index contributed by atoms with van der Waals surface area (Å²) in [5.41, 5.74) is 0. The molecule has 0 aromatic rings. The topological polar surface area (TPSA) is 97.3 Å². The summed E-state index contributed by atoms with van der Waals surface area (Å²) in [5, 5.41) is 3.23. The van der Waals surface area contributed by atoms with E-state index < -0.39 is 9.84 Å². The average molecular weight is 363 g/mol. The molecule has 0 aromatic heterocycles. The fourth-order valence-electron chi connectivity index (χ4n) is 2.45. The van der Waals surface area contributed by atoms with Gasteiger partial charge >= 0.3 is 5.97 Å². The number of piperidine rings is 1. The van der Waals surface area contributed by atoms with Crippen LogP contribution in [0, 0.1) is 5.92 Å². The predicted octanol–water partition coefficient (Wildman–Crippen LogP) is -0.102. The Morgan fingerprint density at radius 1 is 1.29 bits per heavy atom. The molecule has 0 spiro atoms. The number of sulfone groups is 1. The van der Waals surface area contributed by atoms with Crippen molar-refractivity contribution < 1.29 is 22.7 Å². The van der Waals surface area contributed by atoms with E-state index in [0.717, 1.165) is 38.4 Å². The molecule has 0 radical (unpaired) electrons. The van der Waals surface area contributed by atoms with Gasteiger partial charge in [0, 0.05) is 25.9 Å². The number of nitrogens with zero attached hydrogens (tertiary/aromatic N) is 2. The first kappa shape index (κ1) is 20.7. The van der Waals surface area contributed by atoms with Crippen LogP contribution in [-0.4, -0.2) is 83.8 Å². The number of rotatable bonds is 8. The van der Waals surface area contributed by atoms with Gasteiger partial charge in [0.1, 0.15) is 9.84 Å². The Labute approximate surface area is 144 Å². The first-order chi connectivity index (χ1) is 11.4. The van der Waals surface area contributed by atoms with E-state index in [1.807, 2.05) is 6.92 Å². The summed E-state index contributed by atoms with van der Waals surface area (Å²) in [7, 11) is -1.57. The summed E-state index contributed by atoms with van der Waals surface area (Å²) >= 11 is 0. The Morgan fingerprint density at radius 2 is 1.96 bits per heavy atom. The van der Waals surface area contributed by atoms with Crippen molar-refractivity contribution in [1.29, 1.82) is 0 Å². The number of ether oxygens (including phenoxy) is 2. The Kier molecular flexibility index (Phi) is 9.05. The van der Waals surface area contributed by atoms with E-state index in [1.54, 1.807) is 0 Å². The Morgan fingerprint density at radius 3 is 2.50 bits per heavy atom. The summed E-state index contributed by atoms with van der Waals surface area (Å²) in [6, 6.07) is 0. The summed E-state index contributed by atoms with van der Waals surface area (Å²) in [6.45, 7) is 5.28. The Hall–Kier alpha value is -1.35. The highest BCUT2D eigenvalue weighted by Gasteiger charge is 2.26. The summed E-state index contributed by atoms with van der Waals surface area (Å²) in [4.78, 5) is 18.2. The molecule has 0 amide bonds. The molecule has 0 saturated carbocycles. The third-order valence-corrected chi connectivity index (χ3v) is 4.67. The van der Waals surface area contributed by atoms with Gasteiger partial charge in [-0.2, -0.15) is 0 Å². The zero-order chi connectivity index (χ0) is 18.0. The van der Waals surface area contributed by atoms with Crippen LogP contribution < -0.4 is 5.32 Å². The maximum Gasteiger partial charge on any atom is 0.308 e. The van der Waals surface area contributed by atoms with E-state index in [0.29, 0.717) is 13.2 Å². The van der Waals surface area contributed by atoms with Gasteiger partial charge in [0.15, 0.2) is 5.96 Å². The maximum atomic E-state index is 11.6. The van der Waals surface area contributed by atoms with Gasteiger partial charge < -0.3 is 19.7 Å². The number of carbonyl (C=O) groups excluding carboxylic acids is 1. The fraction of sp³-hybridized carbons (Fsp3) is 0.867. The number of aliphatic imine (C=N–C) groups is 1. The molecule has 1 saturated heterocycles. The second-order valence-corrected chi connectivity index (χ2v) is 8.02. The SMILES string of the molecule is CCNC(=NCCOCCS(C)(=O)=O)N1CCC(C(=O)OC)CC1. The first-order valence-corrected chi connectivity index (χ1v) is 10.3. The Bertz CT molecular complexity index is 513. The molecule has 1 N–H and O–H groups in total. The van der Waals surface area contributed by atoms with Crippen molar-refractivity contribution in [3.05, 3.63) is 0 Å². The smallest absolute Gasteiger partial charge is 0.308 e. The van der Waals surface area contributed by atoms with Crippen molar-refractivity contribution in [1.82, 2.24) is 10.2 Å². The molecule has 0 bridgehead atoms. The molecule has 0 aliphatic carbocycles. The molecule has 1 aliphatic heterocycles. The molecular weight excluding hydrogens is 334 g/mol. The molecule has 140 valence electrons. The number of hydrogen-bond donors (Lipinski definition) is 1. The minimum atomic E-state index is -2.99. The molecule has 9 heteroatoms. The van der Waals surface area contributed by atoms with Gasteiger partial charge in [-0.1, -0.05) is 0 Å². The quantitative estimate of drug-likeness (QED) is 0.278. The van der Waals surface area contributed by atoms with Crippen molar-refractivity contribution in [3.63, 3.8) is 0 Å². The monoisotopic (exact) mass is 363 g/mol. The zero-order valence-electron chi connectivity index (χ0n) is 14.8. The highest BCUT2D eigenvalue weighted by molar-refractivity contribution is 7.90. The maximum absolute atomic E-state index is 11.6. The first-order valence-electron chi connectivity index (χ1n) is 8.24. The highest BCUT2D eigenvalue weighted by atomic mass is 32.2. The lowest BCUT2D eigenvalue weighted by Crippen LogP contribution is -2.46. The number of hydrogen-bond acceptors (Lipinski definition) is 6. The van der Waals surface area contributed by atoms with Gasteiger partial charge in [-0.05, 0) is 19.8 Å². The molecule has 1 fully saturated rings. The van der Waals surface area contributed by atoms with E-state index in [2.05, 4.69) is 15.2 Å². The molecule has 1 heterocycles. The lowest BCUT2D eigenvalue weighted by Gasteiger charge is -2.33. The number of likely N-dealkylation sites (tertiary alicyclic amines) is 1. The summed E-state index contributed by atoms with van der Waals surface area (Å²) in [5.74, 6) is 0.648. The number of methoxy groups -OCH3 is 1. The van der Waals surface area contributed by atoms with Gasteiger partial charge in [-0.3, -0.25) is 9.79 Å². The minimum absolute atomic E-state index is 0.0256. The van der Waals surface area contributed by atoms with Crippen LogP contribution in [0.1, 0.15) is 19.8 Å². The van der Waals surface area contributed by atoms with E-state index in [1.165, 1.54) is 13.4 Å². The molecule has 0 atom stereocenters. The third-order valence-electron chi connectivity index (χ3n) is 3.76. The van der Waals surface area contributed by atoms with Gasteiger partial charge in [0.05, 0.1) is 38.5 Å². The second-order valence-electron chi connectivity index (χ2n) is 5.76. The van der Waals surface area contributed by atoms with E-state index in [-0.39, 0.29) is 24.2 Å². The number of nitrogens with one attached hydrogen (secondary N) is 1. The normalized spacial score (nSPS) is 17.0. The summed E-state index contributed by atoms with van der Waals surface area (Å²) in [6.07, 6.45) is 2.69. The van der Waals surface area contributed by atoms with Crippen LogP contribution in [0.4, 0.5) is 0 Å². The lowest BCUT2D eigenvalue weighted by molar-refractivity contribution is -0.146. The molecule has 1 rings (SSSR count). The van der Waals surface area contributed by atoms with Gasteiger partial charge in [0.2, 0.25) is 0 Å². The molecule has 24 heavy (non-hydrogen) atoms. The highest BCUT2D eigenvalue weighted by Crippen LogP contribution is 2.18. The third kappa shape index (κ3) is 7.96. The average Bonchev–Trinajstić information content (AvgIpc) is 2.55. The van der Waals surface area contributed by atoms with Crippen molar-refractivity contribution in [3.8, 4) is 0 Å². The van der Waals surface area contributed by atoms with Crippen molar-refractivity contribution in [2.75, 3.05) is 58.5 Å². The van der Waals surface area contributed by atoms with Gasteiger partial charge in [-0.15, -0.1) is 0 Å². The van der Waals surface area contributed by atoms with Crippen LogP contribution in [0.2, 0.25) is 0 Å². The van der Waals surface area contributed by atoms with Gasteiger partial charge in [0.25, 0.3) is 0 Å². The Balaban J connectivity index is 2.39. The zero-order valence-corrected chi connectivity index (χ0v) is 15.6. The van der Waals surface area contributed by atoms with Crippen LogP contribution in [0.3, 0.4) is 0 Å². The van der Waals surface area contributed by atoms with Crippen LogP contribution >= 0.6 is 0 Å². The predicted molar refractivity (Wildman–Crippen MR) is 92.8 cm³/mol. The lowest BCUT2D eigenvalue weighted by atomic mass is 9.97. The van der Waals surface area contributed by atoms with Crippen LogP contribution in [-0.2, 0) is 24.1 Å². The number of carbonyl (C=O) groups is 1. The molecule has 8 nitrogen and oxygen atoms in total. The van der Waals surface area contributed by atoms with Crippen LogP contribution in [0.15, 0.2) is 4.99 Å². The van der Waals surface area contributed by atoms with Crippen LogP contribution in [0.25, 0.3) is 0 Å². The number of guanidine groups is 1. The fourth-order valence-corrected chi connectivity index (χ4v) is 2.87. The largest absolute Gasteiger partial charge is 0.469 e. The van der Waals surface area contributed by atoms with Gasteiger partial charge in [-0.25, -0.2) is 8.42 Å². The second kappa shape index (κ2) is 10.5. The minimum Gasteiger partial charge on any atom is -0.469 e. The standard InChI is InChI=1S/C15H29N3O5S/c1-4-16-15(17-7-10-23-11-12-24(3,20)21)18-8-5-13(6-9-18)14(19)22-2/h13H,4-12H2,1-3H3,(H,16,17). The molecule has 1 aliphatic rings. The van der Waals surface area contributed by atoms with E-state index in [9.17, 15) is 13.2 Å². The van der Waals surface area contributed by atoms with Crippen molar-refractivity contribution in [2.24, 2.45) is 10.9 Å². The number of esters is 1. The molecule has 0 aromatic carbocycles. The van der Waals surface area contributed by atoms with Crippen molar-refractivity contribution in [2.45, 2.75) is 19.8 Å². The van der Waals surface area contributed by atoms with E-state index >= 15 is 0 Å². The molecule has 0 unspecified atom stereocenters. The van der Waals surface area contributed by atoms with E-state index in [4.69, 9.17) is 9.47 Å².